The smallest absolute Gasteiger partial charge is 0.252 e. The third-order valence-corrected chi connectivity index (χ3v) is 9.71. The molecule has 4 heteroatoms. The number of aryl methyl sites for hydroxylation is 1. The van der Waals surface area contributed by atoms with Crippen LogP contribution in [0.25, 0.3) is 0 Å². The first-order chi connectivity index (χ1) is 14.9. The first-order valence-corrected chi connectivity index (χ1v) is 13.1. The van der Waals surface area contributed by atoms with Gasteiger partial charge in [0.1, 0.15) is 0 Å². The number of fused-ring (bicyclic) bond motifs is 2. The van der Waals surface area contributed by atoms with Crippen molar-refractivity contribution in [1.82, 2.24) is 10.2 Å². The Morgan fingerprint density at radius 1 is 1.16 bits per heavy atom. The first kappa shape index (κ1) is 21.8. The molecular formula is C27H39ClN2O. The highest BCUT2D eigenvalue weighted by molar-refractivity contribution is 6.33. The van der Waals surface area contributed by atoms with E-state index in [1.165, 1.54) is 56.9 Å². The zero-order chi connectivity index (χ0) is 21.6. The molecule has 1 spiro atoms. The van der Waals surface area contributed by atoms with Crippen molar-refractivity contribution in [3.63, 3.8) is 0 Å². The van der Waals surface area contributed by atoms with Gasteiger partial charge in [-0.25, -0.2) is 0 Å². The molecule has 0 heterocycles. The Morgan fingerprint density at radius 2 is 2.00 bits per heavy atom. The number of rotatable bonds is 10. The van der Waals surface area contributed by atoms with E-state index in [2.05, 4.69) is 30.3 Å². The highest BCUT2D eigenvalue weighted by atomic mass is 35.5. The van der Waals surface area contributed by atoms with Crippen LogP contribution in [0.2, 0.25) is 5.02 Å². The van der Waals surface area contributed by atoms with Crippen molar-refractivity contribution in [2.75, 3.05) is 26.7 Å². The predicted octanol–water partition coefficient (Wildman–Crippen LogP) is 5.95. The lowest BCUT2D eigenvalue weighted by Gasteiger charge is -2.49. The van der Waals surface area contributed by atoms with Crippen molar-refractivity contribution in [2.45, 2.75) is 71.1 Å². The van der Waals surface area contributed by atoms with Gasteiger partial charge in [0.2, 0.25) is 0 Å². The van der Waals surface area contributed by atoms with E-state index in [4.69, 9.17) is 11.6 Å². The number of unbranched alkanes of at least 4 members (excludes halogenated alkanes) is 1. The maximum atomic E-state index is 13.1. The van der Waals surface area contributed by atoms with Crippen LogP contribution in [-0.4, -0.2) is 37.5 Å². The van der Waals surface area contributed by atoms with Gasteiger partial charge in [-0.1, -0.05) is 31.0 Å². The van der Waals surface area contributed by atoms with E-state index in [-0.39, 0.29) is 5.91 Å². The van der Waals surface area contributed by atoms with Gasteiger partial charge < -0.3 is 10.2 Å². The molecular weight excluding hydrogens is 404 g/mol. The van der Waals surface area contributed by atoms with Crippen LogP contribution in [0.4, 0.5) is 0 Å². The Bertz CT molecular complexity index is 837. The molecule has 0 saturated heterocycles. The molecule has 1 aromatic carbocycles. The molecule has 4 aliphatic carbocycles. The molecule has 0 aliphatic heterocycles. The minimum atomic E-state index is 0.0208. The maximum Gasteiger partial charge on any atom is 0.252 e. The van der Waals surface area contributed by atoms with Gasteiger partial charge in [0.15, 0.2) is 0 Å². The summed E-state index contributed by atoms with van der Waals surface area (Å²) >= 11 is 6.45. The molecule has 4 fully saturated rings. The minimum Gasteiger partial charge on any atom is -0.351 e. The second-order valence-electron chi connectivity index (χ2n) is 11.5. The van der Waals surface area contributed by atoms with Crippen LogP contribution in [0.5, 0.6) is 0 Å². The van der Waals surface area contributed by atoms with Gasteiger partial charge in [0, 0.05) is 6.54 Å². The van der Waals surface area contributed by atoms with Crippen molar-refractivity contribution in [1.29, 1.82) is 0 Å². The lowest BCUT2D eigenvalue weighted by molar-refractivity contribution is -0.00253. The third kappa shape index (κ3) is 3.95. The predicted molar refractivity (Wildman–Crippen MR) is 128 cm³/mol. The quantitative estimate of drug-likeness (QED) is 0.485. The largest absolute Gasteiger partial charge is 0.351 e. The minimum absolute atomic E-state index is 0.0208. The van der Waals surface area contributed by atoms with Gasteiger partial charge in [-0.2, -0.15) is 0 Å². The second-order valence-corrected chi connectivity index (χ2v) is 11.9. The van der Waals surface area contributed by atoms with Gasteiger partial charge >= 0.3 is 0 Å². The van der Waals surface area contributed by atoms with Crippen molar-refractivity contribution in [2.24, 2.45) is 28.6 Å². The molecule has 5 atom stereocenters. The molecule has 3 nitrogen and oxygen atoms in total. The molecule has 5 unspecified atom stereocenters. The standard InChI is InChI=1S/C27H39ClN2O/c1-3-4-9-30(2)10-5-6-19-7-8-24(28)23(12-19)25(31)29-18-26-14-20-11-21-13-22(16-26)27(21,15-20)17-26/h7-8,12,20-22H,3-6,9-11,13-18H2,1-2H3,(H,29,31). The molecule has 170 valence electrons. The summed E-state index contributed by atoms with van der Waals surface area (Å²) in [4.78, 5) is 15.5. The number of benzene rings is 1. The number of nitrogens with one attached hydrogen (secondary N) is 1. The Balaban J connectivity index is 1.17. The summed E-state index contributed by atoms with van der Waals surface area (Å²) in [6.07, 6.45) is 13.1. The topological polar surface area (TPSA) is 32.3 Å². The average Bonchev–Trinajstić information content (AvgIpc) is 3.06. The normalized spacial score (nSPS) is 34.8. The van der Waals surface area contributed by atoms with E-state index >= 15 is 0 Å². The third-order valence-electron chi connectivity index (χ3n) is 9.38. The van der Waals surface area contributed by atoms with E-state index in [0.29, 0.717) is 21.4 Å². The van der Waals surface area contributed by atoms with Gasteiger partial charge in [-0.3, -0.25) is 4.79 Å². The molecule has 3 bridgehead atoms. The molecule has 1 amide bonds. The first-order valence-electron chi connectivity index (χ1n) is 12.7. The second kappa shape index (κ2) is 8.37. The number of carbonyl (C=O) groups excluding carboxylic acids is 1. The SMILES string of the molecule is CCCCN(C)CCCc1ccc(Cl)c(C(=O)NCC23CC4CC5CC(C2)C5(C4)C3)c1. The lowest BCUT2D eigenvalue weighted by atomic mass is 9.55. The number of hydrogen-bond acceptors (Lipinski definition) is 2. The van der Waals surface area contributed by atoms with Crippen LogP contribution in [-0.2, 0) is 6.42 Å². The van der Waals surface area contributed by atoms with E-state index in [1.807, 2.05) is 12.1 Å². The lowest BCUT2D eigenvalue weighted by Crippen LogP contribution is -2.43. The van der Waals surface area contributed by atoms with Gasteiger partial charge in [-0.15, -0.1) is 0 Å². The van der Waals surface area contributed by atoms with Crippen LogP contribution in [0.1, 0.15) is 80.6 Å². The van der Waals surface area contributed by atoms with Crippen LogP contribution < -0.4 is 5.32 Å². The summed E-state index contributed by atoms with van der Waals surface area (Å²) in [6, 6.07) is 6.01. The van der Waals surface area contributed by atoms with Crippen LogP contribution in [0, 0.1) is 28.6 Å². The van der Waals surface area contributed by atoms with Crippen LogP contribution in [0.3, 0.4) is 0 Å². The van der Waals surface area contributed by atoms with Gasteiger partial charge in [-0.05, 0) is 124 Å². The Kier molecular flexibility index (Phi) is 5.88. The molecule has 0 radical (unpaired) electrons. The molecule has 0 aromatic heterocycles. The van der Waals surface area contributed by atoms with Crippen LogP contribution >= 0.6 is 11.6 Å². The van der Waals surface area contributed by atoms with Crippen molar-refractivity contribution >= 4 is 17.5 Å². The molecule has 1 aromatic rings. The Labute approximate surface area is 193 Å². The number of amides is 1. The van der Waals surface area contributed by atoms with Crippen molar-refractivity contribution < 1.29 is 4.79 Å². The Morgan fingerprint density at radius 3 is 2.84 bits per heavy atom. The fourth-order valence-electron chi connectivity index (χ4n) is 8.10. The van der Waals surface area contributed by atoms with Gasteiger partial charge in [0.25, 0.3) is 5.91 Å². The number of nitrogens with zero attached hydrogens (tertiary/aromatic N) is 1. The van der Waals surface area contributed by atoms with Crippen molar-refractivity contribution in [3.8, 4) is 0 Å². The molecule has 31 heavy (non-hydrogen) atoms. The summed E-state index contributed by atoms with van der Waals surface area (Å²) in [7, 11) is 2.20. The Hall–Kier alpha value is -1.06. The summed E-state index contributed by atoms with van der Waals surface area (Å²) in [5.41, 5.74) is 2.91. The summed E-state index contributed by atoms with van der Waals surface area (Å²) in [6.45, 7) is 5.34. The summed E-state index contributed by atoms with van der Waals surface area (Å²) in [5, 5.41) is 3.90. The molecule has 1 N–H and O–H groups in total. The fourth-order valence-corrected chi connectivity index (χ4v) is 8.31. The van der Waals surface area contributed by atoms with E-state index in [0.717, 1.165) is 50.2 Å². The van der Waals surface area contributed by atoms with E-state index < -0.39 is 0 Å². The molecule has 4 saturated carbocycles. The van der Waals surface area contributed by atoms with E-state index in [9.17, 15) is 4.79 Å². The summed E-state index contributed by atoms with van der Waals surface area (Å²) in [5.74, 6) is 2.90. The van der Waals surface area contributed by atoms with Gasteiger partial charge in [0.05, 0.1) is 10.6 Å². The zero-order valence-corrected chi connectivity index (χ0v) is 20.1. The van der Waals surface area contributed by atoms with Crippen molar-refractivity contribution in [3.05, 3.63) is 34.3 Å². The van der Waals surface area contributed by atoms with E-state index in [1.54, 1.807) is 0 Å². The number of hydrogen-bond donors (Lipinski definition) is 1. The number of carbonyl (C=O) groups is 1. The maximum absolute atomic E-state index is 13.1. The highest BCUT2D eigenvalue weighted by Gasteiger charge is 2.70. The molecule has 5 rings (SSSR count). The summed E-state index contributed by atoms with van der Waals surface area (Å²) < 4.78 is 0. The molecule has 4 aliphatic rings. The fraction of sp³-hybridized carbons (Fsp3) is 0.741. The zero-order valence-electron chi connectivity index (χ0n) is 19.4. The monoisotopic (exact) mass is 442 g/mol. The average molecular weight is 443 g/mol. The van der Waals surface area contributed by atoms with Crippen LogP contribution in [0.15, 0.2) is 18.2 Å². The number of halogens is 1. The highest BCUT2D eigenvalue weighted by Crippen LogP contribution is 2.78.